The van der Waals surface area contributed by atoms with E-state index in [1.54, 1.807) is 4.68 Å². The van der Waals surface area contributed by atoms with Gasteiger partial charge in [-0.1, -0.05) is 41.3 Å². The van der Waals surface area contributed by atoms with Crippen molar-refractivity contribution < 1.29 is 4.79 Å². The molecule has 1 N–H and O–H groups in total. The third-order valence-corrected chi connectivity index (χ3v) is 4.94. The second kappa shape index (κ2) is 7.01. The Morgan fingerprint density at radius 1 is 1.50 bits per heavy atom. The van der Waals surface area contributed by atoms with Gasteiger partial charge in [0.1, 0.15) is 0 Å². The minimum Gasteiger partial charge on any atom is -0.355 e. The fourth-order valence-electron chi connectivity index (χ4n) is 1.56. The van der Waals surface area contributed by atoms with Gasteiger partial charge < -0.3 is 5.32 Å². The van der Waals surface area contributed by atoms with Gasteiger partial charge >= 0.3 is 0 Å². The van der Waals surface area contributed by atoms with Crippen LogP contribution in [0.15, 0.2) is 34.7 Å². The number of nitrogens with one attached hydrogen (secondary N) is 1. The number of hydrogen-bond acceptors (Lipinski definition) is 5. The van der Waals surface area contributed by atoms with Crippen molar-refractivity contribution in [1.82, 2.24) is 15.1 Å². The summed E-state index contributed by atoms with van der Waals surface area (Å²) in [5, 5.41) is 7.10. The Hall–Kier alpha value is -1.18. The molecule has 0 aliphatic heterocycles. The summed E-state index contributed by atoms with van der Waals surface area (Å²) in [6.07, 6.45) is 0. The van der Waals surface area contributed by atoms with E-state index in [9.17, 15) is 4.79 Å². The number of carbonyl (C=O) groups is 1. The maximum Gasteiger partial charge on any atom is 0.233 e. The second-order valence-corrected chi connectivity index (χ2v) is 7.25. The molecule has 0 fully saturated rings. The molecule has 4 nitrogen and oxygen atoms in total. The van der Waals surface area contributed by atoms with Crippen molar-refractivity contribution in [2.45, 2.75) is 23.4 Å². The summed E-state index contributed by atoms with van der Waals surface area (Å²) in [5.41, 5.74) is 0.936. The van der Waals surface area contributed by atoms with Gasteiger partial charge in [0.15, 0.2) is 8.29 Å². The Kier molecular flexibility index (Phi) is 5.33. The lowest BCUT2D eigenvalue weighted by Crippen LogP contribution is -2.30. The number of nitrogens with zero attached hydrogens (tertiary/aromatic N) is 2. The Morgan fingerprint density at radius 3 is 2.85 bits per heavy atom. The summed E-state index contributed by atoms with van der Waals surface area (Å²) >= 11 is 8.18. The Balaban J connectivity index is 2.16. The van der Waals surface area contributed by atoms with Crippen LogP contribution in [0, 0.1) is 3.95 Å². The van der Waals surface area contributed by atoms with Crippen molar-refractivity contribution in [1.29, 1.82) is 0 Å². The minimum atomic E-state index is -0.181. The Morgan fingerprint density at radius 2 is 2.20 bits per heavy atom. The highest BCUT2D eigenvalue weighted by Gasteiger charge is 2.16. The molecule has 106 valence electrons. The predicted octanol–water partition coefficient (Wildman–Crippen LogP) is 3.28. The first-order valence-corrected chi connectivity index (χ1v) is 8.32. The summed E-state index contributed by atoms with van der Waals surface area (Å²) in [4.78, 5) is 11.7. The molecule has 1 amide bonds. The molecule has 1 aromatic carbocycles. The highest BCUT2D eigenvalue weighted by Crippen LogP contribution is 2.27. The molecular weight excluding hydrogens is 310 g/mol. The number of benzene rings is 1. The molecule has 20 heavy (non-hydrogen) atoms. The van der Waals surface area contributed by atoms with E-state index < -0.39 is 0 Å². The minimum absolute atomic E-state index is 0.0184. The molecule has 0 unspecified atom stereocenters. The fraction of sp³-hybridized carbons (Fsp3) is 0.308. The molecule has 2 rings (SSSR count). The number of amides is 1. The first kappa shape index (κ1) is 15.2. The van der Waals surface area contributed by atoms with Crippen LogP contribution in [0.4, 0.5) is 0 Å². The monoisotopic (exact) mass is 325 g/mol. The van der Waals surface area contributed by atoms with E-state index in [-0.39, 0.29) is 11.2 Å². The Bertz CT molecular complexity index is 636. The van der Waals surface area contributed by atoms with E-state index in [4.69, 9.17) is 12.2 Å². The largest absolute Gasteiger partial charge is 0.355 e. The molecule has 0 bridgehead atoms. The lowest BCUT2D eigenvalue weighted by Gasteiger charge is -2.08. The van der Waals surface area contributed by atoms with Gasteiger partial charge in [-0.25, -0.2) is 4.68 Å². The van der Waals surface area contributed by atoms with Crippen molar-refractivity contribution >= 4 is 41.2 Å². The van der Waals surface area contributed by atoms with Gasteiger partial charge in [-0.3, -0.25) is 4.79 Å². The SMILES string of the molecule is CCNC(=O)[C@H](C)Sc1nn(-c2ccccc2)c(=S)s1. The van der Waals surface area contributed by atoms with E-state index in [0.717, 1.165) is 10.0 Å². The second-order valence-electron chi connectivity index (χ2n) is 4.04. The van der Waals surface area contributed by atoms with Crippen molar-refractivity contribution in [3.63, 3.8) is 0 Å². The summed E-state index contributed by atoms with van der Waals surface area (Å²) in [6, 6.07) is 9.75. The van der Waals surface area contributed by atoms with E-state index >= 15 is 0 Å². The number of hydrogen-bond donors (Lipinski definition) is 1. The van der Waals surface area contributed by atoms with Crippen molar-refractivity contribution in [2.75, 3.05) is 6.54 Å². The van der Waals surface area contributed by atoms with Gasteiger partial charge in [-0.2, -0.15) is 0 Å². The number of rotatable bonds is 5. The first-order chi connectivity index (χ1) is 9.61. The normalized spacial score (nSPS) is 12.1. The van der Waals surface area contributed by atoms with Crippen molar-refractivity contribution in [3.8, 4) is 5.69 Å². The zero-order valence-corrected chi connectivity index (χ0v) is 13.6. The highest BCUT2D eigenvalue weighted by atomic mass is 32.2. The average molecular weight is 325 g/mol. The summed E-state index contributed by atoms with van der Waals surface area (Å²) in [5.74, 6) is 0.0184. The van der Waals surface area contributed by atoms with Crippen LogP contribution in [-0.2, 0) is 4.79 Å². The zero-order chi connectivity index (χ0) is 14.5. The van der Waals surface area contributed by atoms with Crippen molar-refractivity contribution in [3.05, 3.63) is 34.3 Å². The number of aromatic nitrogens is 2. The molecule has 2 aromatic rings. The van der Waals surface area contributed by atoms with Crippen LogP contribution in [0.5, 0.6) is 0 Å². The van der Waals surface area contributed by atoms with Crippen LogP contribution >= 0.6 is 35.3 Å². The van der Waals surface area contributed by atoms with Gasteiger partial charge in [0.25, 0.3) is 0 Å². The van der Waals surface area contributed by atoms with Gasteiger partial charge in [0.2, 0.25) is 5.91 Å². The van der Waals surface area contributed by atoms with Crippen LogP contribution in [0.3, 0.4) is 0 Å². The van der Waals surface area contributed by atoms with Crippen LogP contribution in [0.25, 0.3) is 5.69 Å². The molecule has 1 aromatic heterocycles. The molecule has 0 spiro atoms. The smallest absolute Gasteiger partial charge is 0.233 e. The highest BCUT2D eigenvalue weighted by molar-refractivity contribution is 8.02. The predicted molar refractivity (Wildman–Crippen MR) is 86.3 cm³/mol. The molecule has 0 radical (unpaired) electrons. The van der Waals surface area contributed by atoms with E-state index in [1.165, 1.54) is 23.1 Å². The topological polar surface area (TPSA) is 46.9 Å². The van der Waals surface area contributed by atoms with Crippen LogP contribution in [-0.4, -0.2) is 27.5 Å². The summed E-state index contributed by atoms with van der Waals surface area (Å²) in [7, 11) is 0. The third-order valence-electron chi connectivity index (χ3n) is 2.53. The first-order valence-electron chi connectivity index (χ1n) is 6.21. The summed E-state index contributed by atoms with van der Waals surface area (Å²) in [6.45, 7) is 4.41. The fourth-order valence-corrected chi connectivity index (χ4v) is 4.09. The molecule has 0 saturated carbocycles. The zero-order valence-electron chi connectivity index (χ0n) is 11.2. The van der Waals surface area contributed by atoms with Gasteiger partial charge in [-0.05, 0) is 38.2 Å². The lowest BCUT2D eigenvalue weighted by atomic mass is 10.3. The molecule has 0 saturated heterocycles. The quantitative estimate of drug-likeness (QED) is 0.677. The third kappa shape index (κ3) is 3.68. The van der Waals surface area contributed by atoms with E-state index in [2.05, 4.69) is 10.4 Å². The molecular formula is C13H15N3OS3. The standard InChI is InChI=1S/C13H15N3OS3/c1-3-14-11(17)9(2)19-12-15-16(13(18)20-12)10-7-5-4-6-8-10/h4-9H,3H2,1-2H3,(H,14,17)/t9-/m0/s1. The van der Waals surface area contributed by atoms with Gasteiger partial charge in [0.05, 0.1) is 10.9 Å². The molecule has 1 heterocycles. The number of thioether (sulfide) groups is 1. The number of carbonyl (C=O) groups excluding carboxylic acids is 1. The lowest BCUT2D eigenvalue weighted by molar-refractivity contribution is -0.120. The van der Waals surface area contributed by atoms with Gasteiger partial charge in [0, 0.05) is 6.54 Å². The molecule has 0 aliphatic carbocycles. The summed E-state index contributed by atoms with van der Waals surface area (Å²) < 4.78 is 3.21. The Labute approximate surface area is 131 Å². The molecule has 7 heteroatoms. The van der Waals surface area contributed by atoms with E-state index in [0.29, 0.717) is 10.5 Å². The molecule has 0 aliphatic rings. The van der Waals surface area contributed by atoms with Gasteiger partial charge in [-0.15, -0.1) is 5.10 Å². The average Bonchev–Trinajstić information content (AvgIpc) is 2.80. The van der Waals surface area contributed by atoms with Crippen LogP contribution < -0.4 is 5.32 Å². The molecule has 1 atom stereocenters. The maximum atomic E-state index is 11.7. The van der Waals surface area contributed by atoms with Crippen LogP contribution in [0.2, 0.25) is 0 Å². The van der Waals surface area contributed by atoms with Crippen LogP contribution in [0.1, 0.15) is 13.8 Å². The van der Waals surface area contributed by atoms with E-state index in [1.807, 2.05) is 44.2 Å². The number of para-hydroxylation sites is 1. The van der Waals surface area contributed by atoms with Crippen molar-refractivity contribution in [2.24, 2.45) is 0 Å². The maximum absolute atomic E-state index is 11.7.